The summed E-state index contributed by atoms with van der Waals surface area (Å²) >= 11 is 0. The first kappa shape index (κ1) is 10.6. The Morgan fingerprint density at radius 3 is 2.53 bits per heavy atom. The number of hydrazine groups is 1. The van der Waals surface area contributed by atoms with Crippen molar-refractivity contribution in [3.8, 4) is 0 Å². The molecule has 0 saturated heterocycles. The normalized spacial score (nSPS) is 14.6. The largest absolute Gasteiger partial charge is 0.351 e. The highest BCUT2D eigenvalue weighted by Crippen LogP contribution is 1.95. The zero-order valence-electron chi connectivity index (χ0n) is 7.94. The number of nitrogens with two attached hydrogens (primary N) is 2. The molecule has 4 amide bonds. The average Bonchev–Trinajstić information content (AvgIpc) is 1.98. The van der Waals surface area contributed by atoms with Crippen LogP contribution in [0.4, 0.5) is 9.59 Å². The molecule has 0 radical (unpaired) electrons. The summed E-state index contributed by atoms with van der Waals surface area (Å²) in [5, 5.41) is 9.66. The molecular formula is C6H11N7O2. The van der Waals surface area contributed by atoms with Crippen LogP contribution in [0.1, 0.15) is 0 Å². The van der Waals surface area contributed by atoms with E-state index in [-0.39, 0.29) is 11.7 Å². The van der Waals surface area contributed by atoms with Crippen LogP contribution >= 0.6 is 0 Å². The van der Waals surface area contributed by atoms with Crippen molar-refractivity contribution < 1.29 is 9.59 Å². The highest BCUT2D eigenvalue weighted by atomic mass is 16.2. The zero-order valence-corrected chi connectivity index (χ0v) is 7.94. The highest BCUT2D eigenvalue weighted by Gasteiger charge is 2.11. The van der Waals surface area contributed by atoms with Crippen LogP contribution in [0, 0.1) is 0 Å². The molecule has 1 aliphatic rings. The number of nitrogens with one attached hydrogen (secondary N) is 3. The third kappa shape index (κ3) is 3.42. The van der Waals surface area contributed by atoms with Gasteiger partial charge in [-0.05, 0) is 0 Å². The van der Waals surface area contributed by atoms with Gasteiger partial charge in [0, 0.05) is 13.1 Å². The summed E-state index contributed by atoms with van der Waals surface area (Å²) < 4.78 is 0. The highest BCUT2D eigenvalue weighted by molar-refractivity contribution is 6.04. The predicted molar refractivity (Wildman–Crippen MR) is 51.9 cm³/mol. The zero-order chi connectivity index (χ0) is 11.4. The minimum absolute atomic E-state index is 0.188. The fourth-order valence-electron chi connectivity index (χ4n) is 0.943. The van der Waals surface area contributed by atoms with Gasteiger partial charge in [-0.3, -0.25) is 16.1 Å². The number of rotatable bonds is 1. The summed E-state index contributed by atoms with van der Waals surface area (Å²) in [7, 11) is 1.57. The van der Waals surface area contributed by atoms with Crippen LogP contribution < -0.4 is 27.5 Å². The van der Waals surface area contributed by atoms with Crippen LogP contribution in [0.2, 0.25) is 0 Å². The van der Waals surface area contributed by atoms with E-state index in [9.17, 15) is 9.59 Å². The molecule has 0 atom stereocenters. The third-order valence-electron chi connectivity index (χ3n) is 1.33. The van der Waals surface area contributed by atoms with Crippen molar-refractivity contribution in [2.24, 2.45) is 16.6 Å². The second-order valence-corrected chi connectivity index (χ2v) is 2.66. The van der Waals surface area contributed by atoms with E-state index in [1.807, 2.05) is 0 Å². The molecule has 9 heteroatoms. The van der Waals surface area contributed by atoms with Crippen molar-refractivity contribution in [3.05, 3.63) is 11.9 Å². The van der Waals surface area contributed by atoms with Crippen molar-refractivity contribution in [2.75, 3.05) is 7.05 Å². The molecule has 0 spiro atoms. The first-order valence-corrected chi connectivity index (χ1v) is 3.91. The van der Waals surface area contributed by atoms with Crippen LogP contribution in [0.25, 0.3) is 0 Å². The molecule has 0 saturated carbocycles. The Kier molecular flexibility index (Phi) is 2.96. The van der Waals surface area contributed by atoms with Gasteiger partial charge in [-0.25, -0.2) is 14.7 Å². The van der Waals surface area contributed by atoms with E-state index in [0.717, 1.165) is 0 Å². The molecule has 1 aliphatic heterocycles. The maximum absolute atomic E-state index is 10.6. The van der Waals surface area contributed by atoms with Crippen LogP contribution in [0.15, 0.2) is 17.0 Å². The Bertz CT molecular complexity index is 347. The molecule has 0 fully saturated rings. The molecular weight excluding hydrogens is 202 g/mol. The Hall–Kier alpha value is -2.45. The first-order chi connectivity index (χ1) is 6.97. The number of carbonyl (C=O) groups excluding carboxylic acids is 2. The number of amides is 4. The summed E-state index contributed by atoms with van der Waals surface area (Å²) in [6, 6.07) is -1.49. The van der Waals surface area contributed by atoms with Crippen molar-refractivity contribution in [2.45, 2.75) is 0 Å². The topological polar surface area (TPSA) is 138 Å². The van der Waals surface area contributed by atoms with Gasteiger partial charge >= 0.3 is 12.1 Å². The number of primary amides is 2. The third-order valence-corrected chi connectivity index (χ3v) is 1.33. The van der Waals surface area contributed by atoms with Crippen LogP contribution in [-0.2, 0) is 0 Å². The van der Waals surface area contributed by atoms with Gasteiger partial charge in [-0.1, -0.05) is 0 Å². The first-order valence-electron chi connectivity index (χ1n) is 3.91. The van der Waals surface area contributed by atoms with E-state index >= 15 is 0 Å². The summed E-state index contributed by atoms with van der Waals surface area (Å²) in [5.41, 5.74) is 12.5. The summed E-state index contributed by atoms with van der Waals surface area (Å²) in [6.45, 7) is 0. The van der Waals surface area contributed by atoms with E-state index < -0.39 is 12.1 Å². The molecule has 0 bridgehead atoms. The van der Waals surface area contributed by atoms with Gasteiger partial charge in [0.25, 0.3) is 0 Å². The summed E-state index contributed by atoms with van der Waals surface area (Å²) in [5.74, 6) is 0.469. The number of hydrazone groups is 1. The van der Waals surface area contributed by atoms with Gasteiger partial charge in [0.15, 0.2) is 5.84 Å². The molecule has 0 aromatic heterocycles. The van der Waals surface area contributed by atoms with Crippen LogP contribution in [0.3, 0.4) is 0 Å². The number of hydrogen-bond donors (Lipinski definition) is 5. The number of urea groups is 2. The Balaban J connectivity index is 2.74. The lowest BCUT2D eigenvalue weighted by molar-refractivity contribution is 0.239. The predicted octanol–water partition coefficient (Wildman–Crippen LogP) is -2.07. The Morgan fingerprint density at radius 1 is 1.40 bits per heavy atom. The lowest BCUT2D eigenvalue weighted by atomic mass is 10.4. The molecule has 0 aromatic rings. The fourth-order valence-corrected chi connectivity index (χ4v) is 0.943. The number of carbonyl (C=O) groups is 2. The van der Waals surface area contributed by atoms with E-state index in [0.29, 0.717) is 0 Å². The quantitative estimate of drug-likeness (QED) is 0.341. The van der Waals surface area contributed by atoms with E-state index in [2.05, 4.69) is 21.2 Å². The Morgan fingerprint density at radius 2 is 2.00 bits per heavy atom. The molecule has 7 N–H and O–H groups in total. The number of nitrogens with zero attached hydrogens (tertiary/aromatic N) is 2. The number of hydrogen-bond acceptors (Lipinski definition) is 5. The molecule has 82 valence electrons. The van der Waals surface area contributed by atoms with Gasteiger partial charge in [0.1, 0.15) is 5.82 Å². The standard InChI is InChI=1S/C6H11N7O2/c1-13-11-3(9-5(7)14)2-4(12-13)10-6(8)15/h2,11H,1H3,(H3,7,9,14)(H3,8,10,12,15). The smallest absolute Gasteiger partial charge is 0.317 e. The molecule has 1 rings (SSSR count). The molecule has 0 unspecified atom stereocenters. The maximum atomic E-state index is 10.6. The van der Waals surface area contributed by atoms with Crippen molar-refractivity contribution in [3.63, 3.8) is 0 Å². The average molecular weight is 213 g/mol. The van der Waals surface area contributed by atoms with E-state index in [4.69, 9.17) is 11.5 Å². The minimum atomic E-state index is -0.751. The molecule has 15 heavy (non-hydrogen) atoms. The molecule has 1 heterocycles. The van der Waals surface area contributed by atoms with Gasteiger partial charge in [0.05, 0.1) is 0 Å². The van der Waals surface area contributed by atoms with Crippen LogP contribution in [0.5, 0.6) is 0 Å². The van der Waals surface area contributed by atoms with Gasteiger partial charge in [0.2, 0.25) is 0 Å². The maximum Gasteiger partial charge on any atom is 0.317 e. The molecule has 9 nitrogen and oxygen atoms in total. The fraction of sp³-hybridized carbons (Fsp3) is 0.167. The molecule has 0 aliphatic carbocycles. The summed E-state index contributed by atoms with van der Waals surface area (Å²) in [6.07, 6.45) is 1.37. The van der Waals surface area contributed by atoms with E-state index in [1.165, 1.54) is 11.2 Å². The van der Waals surface area contributed by atoms with Gasteiger partial charge in [-0.2, -0.15) is 0 Å². The number of amidine groups is 1. The summed E-state index contributed by atoms with van der Waals surface area (Å²) in [4.78, 5) is 21.1. The van der Waals surface area contributed by atoms with Crippen molar-refractivity contribution in [1.29, 1.82) is 0 Å². The second-order valence-electron chi connectivity index (χ2n) is 2.66. The minimum Gasteiger partial charge on any atom is -0.351 e. The second kappa shape index (κ2) is 4.17. The lowest BCUT2D eigenvalue weighted by Crippen LogP contribution is -2.46. The Labute approximate surface area is 85.1 Å². The van der Waals surface area contributed by atoms with Gasteiger partial charge in [-0.15, -0.1) is 5.10 Å². The van der Waals surface area contributed by atoms with Gasteiger partial charge < -0.3 is 11.5 Å². The SMILES string of the molecule is CN1N=C(NC(N)=O)C=C(NC(N)=O)N1. The van der Waals surface area contributed by atoms with E-state index in [1.54, 1.807) is 7.05 Å². The van der Waals surface area contributed by atoms with Crippen molar-refractivity contribution >= 4 is 17.9 Å². The lowest BCUT2D eigenvalue weighted by Gasteiger charge is -2.23. The molecule has 0 aromatic carbocycles. The van der Waals surface area contributed by atoms with Crippen molar-refractivity contribution in [1.82, 2.24) is 21.2 Å². The van der Waals surface area contributed by atoms with Crippen LogP contribution in [-0.4, -0.2) is 30.1 Å². The monoisotopic (exact) mass is 213 g/mol.